The quantitative estimate of drug-likeness (QED) is 0.738. The number of carbonyl (C=O) groups is 1. The number of rotatable bonds is 2. The van der Waals surface area contributed by atoms with E-state index in [2.05, 4.69) is 9.72 Å². The molecule has 16 heavy (non-hydrogen) atoms. The number of halogens is 3. The summed E-state index contributed by atoms with van der Waals surface area (Å²) in [5.74, 6) is -2.22. The second-order valence-corrected chi connectivity index (χ2v) is 2.77. The maximum absolute atomic E-state index is 12.1. The van der Waals surface area contributed by atoms with Gasteiger partial charge in [-0.05, 0) is 19.1 Å². The van der Waals surface area contributed by atoms with Crippen molar-refractivity contribution in [2.75, 3.05) is 6.61 Å². The van der Waals surface area contributed by atoms with Gasteiger partial charge in [0.15, 0.2) is 0 Å². The Hall–Kier alpha value is -1.79. The van der Waals surface area contributed by atoms with Crippen LogP contribution in [0.3, 0.4) is 0 Å². The molecule has 1 aromatic heterocycles. The van der Waals surface area contributed by atoms with Crippen molar-refractivity contribution in [1.82, 2.24) is 4.98 Å². The Balaban J connectivity index is 3.05. The van der Waals surface area contributed by atoms with Gasteiger partial charge in [0, 0.05) is 0 Å². The zero-order valence-corrected chi connectivity index (χ0v) is 8.17. The summed E-state index contributed by atoms with van der Waals surface area (Å²) in [7, 11) is 0. The fourth-order valence-electron chi connectivity index (χ4n) is 0.963. The van der Waals surface area contributed by atoms with Gasteiger partial charge in [0.1, 0.15) is 11.3 Å². The van der Waals surface area contributed by atoms with Crippen LogP contribution in [0.5, 0.6) is 5.88 Å². The molecule has 1 aromatic rings. The number of nitrogens with zero attached hydrogens (tertiary/aromatic N) is 1. The number of pyridine rings is 1. The first-order valence-electron chi connectivity index (χ1n) is 4.28. The summed E-state index contributed by atoms with van der Waals surface area (Å²) in [4.78, 5) is 13.8. The molecule has 0 aromatic carbocycles. The lowest BCUT2D eigenvalue weighted by atomic mass is 10.2. The van der Waals surface area contributed by atoms with Crippen LogP contribution >= 0.6 is 0 Å². The lowest BCUT2D eigenvalue weighted by Crippen LogP contribution is -2.10. The number of ether oxygens (including phenoxy) is 1. The van der Waals surface area contributed by atoms with Gasteiger partial charge in [-0.25, -0.2) is 9.78 Å². The number of alkyl halides is 3. The van der Waals surface area contributed by atoms with Crippen LogP contribution in [0.1, 0.15) is 23.0 Å². The third-order valence-electron chi connectivity index (χ3n) is 1.65. The molecule has 4 nitrogen and oxygen atoms in total. The van der Waals surface area contributed by atoms with Crippen LogP contribution in [0.15, 0.2) is 12.1 Å². The van der Waals surface area contributed by atoms with Crippen molar-refractivity contribution >= 4 is 5.97 Å². The average molecular weight is 234 g/mol. The molecule has 0 spiro atoms. The van der Waals surface area contributed by atoms with Gasteiger partial charge in [-0.2, -0.15) is 13.2 Å². The summed E-state index contributed by atoms with van der Waals surface area (Å²) in [6.45, 7) is 1.54. The summed E-state index contributed by atoms with van der Waals surface area (Å²) in [6, 6.07) is 1.32. The van der Waals surface area contributed by atoms with Crippen LogP contribution in [0, 0.1) is 0 Å². The fourth-order valence-corrected chi connectivity index (χ4v) is 0.963. The van der Waals surface area contributed by atoms with Crippen LogP contribution in [0.2, 0.25) is 0 Å². The van der Waals surface area contributed by atoms with E-state index in [0.29, 0.717) is 6.07 Å². The zero-order valence-electron chi connectivity index (χ0n) is 8.17. The molecular formula is C9H7F3NO3. The van der Waals surface area contributed by atoms with Crippen LogP contribution < -0.4 is 0 Å². The van der Waals surface area contributed by atoms with Crippen molar-refractivity contribution in [3.8, 4) is 5.88 Å². The van der Waals surface area contributed by atoms with Crippen LogP contribution in [0.4, 0.5) is 13.2 Å². The first-order valence-corrected chi connectivity index (χ1v) is 4.28. The minimum atomic E-state index is -4.70. The number of carbonyl (C=O) groups excluding carboxylic acids is 1. The predicted octanol–water partition coefficient (Wildman–Crippen LogP) is 2.42. The molecule has 0 amide bonds. The first kappa shape index (κ1) is 12.3. The maximum atomic E-state index is 12.1. The van der Waals surface area contributed by atoms with E-state index in [1.54, 1.807) is 0 Å². The van der Waals surface area contributed by atoms with Gasteiger partial charge in [0.25, 0.3) is 5.88 Å². The highest BCUT2D eigenvalue weighted by atomic mass is 19.4. The molecule has 0 fully saturated rings. The molecule has 1 radical (unpaired) electrons. The highest BCUT2D eigenvalue weighted by Crippen LogP contribution is 2.30. The minimum absolute atomic E-state index is 0.0271. The summed E-state index contributed by atoms with van der Waals surface area (Å²) in [6.07, 6.45) is -4.70. The molecule has 87 valence electrons. The molecule has 0 N–H and O–H groups in total. The molecule has 0 atom stereocenters. The summed E-state index contributed by atoms with van der Waals surface area (Å²) in [5, 5.41) is 11.1. The smallest absolute Gasteiger partial charge is 0.433 e. The Bertz CT molecular complexity index is 403. The Morgan fingerprint density at radius 2 is 2.06 bits per heavy atom. The van der Waals surface area contributed by atoms with Gasteiger partial charge < -0.3 is 4.74 Å². The summed E-state index contributed by atoms with van der Waals surface area (Å²) < 4.78 is 40.9. The predicted molar refractivity (Wildman–Crippen MR) is 45.3 cm³/mol. The van der Waals surface area contributed by atoms with Crippen LogP contribution in [0.25, 0.3) is 0 Å². The molecule has 0 aliphatic heterocycles. The van der Waals surface area contributed by atoms with Crippen LogP contribution in [-0.2, 0) is 16.0 Å². The fraction of sp³-hybridized carbons (Fsp3) is 0.333. The van der Waals surface area contributed by atoms with E-state index in [1.165, 1.54) is 6.92 Å². The topological polar surface area (TPSA) is 59.1 Å². The van der Waals surface area contributed by atoms with E-state index >= 15 is 0 Å². The van der Waals surface area contributed by atoms with Crippen molar-refractivity contribution < 1.29 is 27.8 Å². The second-order valence-electron chi connectivity index (χ2n) is 2.77. The lowest BCUT2D eigenvalue weighted by Gasteiger charge is -2.06. The molecular weight excluding hydrogens is 227 g/mol. The van der Waals surface area contributed by atoms with Crippen molar-refractivity contribution in [3.05, 3.63) is 23.4 Å². The highest BCUT2D eigenvalue weighted by molar-refractivity contribution is 5.91. The molecule has 7 heteroatoms. The van der Waals surface area contributed by atoms with E-state index in [9.17, 15) is 23.1 Å². The minimum Gasteiger partial charge on any atom is -0.462 e. The van der Waals surface area contributed by atoms with E-state index in [0.717, 1.165) is 6.07 Å². The standard InChI is InChI=1S/C9H7F3NO3/c1-2-16-8(15)5-3-4-6(9(10,11)12)13-7(5)14/h3-4H,2H2,1H3. The van der Waals surface area contributed by atoms with Gasteiger partial charge in [-0.15, -0.1) is 0 Å². The van der Waals surface area contributed by atoms with E-state index < -0.39 is 29.3 Å². The van der Waals surface area contributed by atoms with Gasteiger partial charge in [-0.1, -0.05) is 0 Å². The molecule has 1 rings (SSSR count). The SMILES string of the molecule is CCOC(=O)c1ccc(C(F)(F)F)nc1[O]. The van der Waals surface area contributed by atoms with Crippen LogP contribution in [-0.4, -0.2) is 17.6 Å². The molecule has 0 aliphatic carbocycles. The highest BCUT2D eigenvalue weighted by Gasteiger charge is 2.34. The number of aromatic nitrogens is 1. The Labute approximate surface area is 88.7 Å². The third-order valence-corrected chi connectivity index (χ3v) is 1.65. The Morgan fingerprint density at radius 3 is 2.50 bits per heavy atom. The van der Waals surface area contributed by atoms with Crippen molar-refractivity contribution in [2.45, 2.75) is 13.1 Å². The van der Waals surface area contributed by atoms with Crippen molar-refractivity contribution in [3.63, 3.8) is 0 Å². The molecule has 0 saturated heterocycles. The Morgan fingerprint density at radius 1 is 1.44 bits per heavy atom. The zero-order chi connectivity index (χ0) is 12.3. The normalized spacial score (nSPS) is 11.2. The monoisotopic (exact) mass is 234 g/mol. The molecule has 1 heterocycles. The van der Waals surface area contributed by atoms with Crippen molar-refractivity contribution in [1.29, 1.82) is 0 Å². The van der Waals surface area contributed by atoms with Gasteiger partial charge >= 0.3 is 12.1 Å². The van der Waals surface area contributed by atoms with Gasteiger partial charge in [0.2, 0.25) is 0 Å². The van der Waals surface area contributed by atoms with E-state index in [4.69, 9.17) is 0 Å². The van der Waals surface area contributed by atoms with Crippen molar-refractivity contribution in [2.24, 2.45) is 0 Å². The molecule has 0 unspecified atom stereocenters. The van der Waals surface area contributed by atoms with E-state index in [-0.39, 0.29) is 6.61 Å². The summed E-state index contributed by atoms with van der Waals surface area (Å²) >= 11 is 0. The second kappa shape index (κ2) is 4.38. The lowest BCUT2D eigenvalue weighted by molar-refractivity contribution is -0.141. The third kappa shape index (κ3) is 2.62. The molecule has 0 aliphatic rings. The van der Waals surface area contributed by atoms with Gasteiger partial charge in [-0.3, -0.25) is 5.11 Å². The average Bonchev–Trinajstić information content (AvgIpc) is 2.16. The summed E-state index contributed by atoms with van der Waals surface area (Å²) in [5.41, 5.74) is -1.83. The Kier molecular flexibility index (Phi) is 3.36. The molecule has 0 saturated carbocycles. The van der Waals surface area contributed by atoms with E-state index in [1.807, 2.05) is 0 Å². The van der Waals surface area contributed by atoms with Gasteiger partial charge in [0.05, 0.1) is 6.61 Å². The first-order chi connectivity index (χ1) is 7.36. The number of hydrogen-bond acceptors (Lipinski definition) is 3. The maximum Gasteiger partial charge on any atom is 0.433 e. The largest absolute Gasteiger partial charge is 0.462 e. The molecule has 0 bridgehead atoms. The number of hydrogen-bond donors (Lipinski definition) is 0. The number of esters is 1.